The average Bonchev–Trinajstić information content (AvgIpc) is 2.04. The van der Waals surface area contributed by atoms with Crippen LogP contribution in [0.15, 0.2) is 17.1 Å². The second-order valence-corrected chi connectivity index (χ2v) is 3.14. The van der Waals surface area contributed by atoms with E-state index in [1.165, 1.54) is 0 Å². The third-order valence-electron chi connectivity index (χ3n) is 1.86. The Hall–Kier alpha value is -1.09. The zero-order valence-electron chi connectivity index (χ0n) is 7.42. The van der Waals surface area contributed by atoms with Crippen LogP contribution in [0.1, 0.15) is 31.0 Å². The van der Waals surface area contributed by atoms with Gasteiger partial charge in [0.15, 0.2) is 5.43 Å². The lowest BCUT2D eigenvalue weighted by molar-refractivity contribution is 0.814. The molecule has 0 saturated heterocycles. The molecule has 3 nitrogen and oxygen atoms in total. The SMILES string of the molecule is CC(C)c1cc(=O)c(CN)c[nH]1. The average molecular weight is 166 g/mol. The van der Waals surface area contributed by atoms with Crippen molar-refractivity contribution in [3.63, 3.8) is 0 Å². The van der Waals surface area contributed by atoms with Crippen LogP contribution in [-0.2, 0) is 6.54 Å². The van der Waals surface area contributed by atoms with Gasteiger partial charge in [-0.25, -0.2) is 0 Å². The maximum Gasteiger partial charge on any atom is 0.186 e. The number of pyridine rings is 1. The molecule has 1 aromatic rings. The molecule has 0 amide bonds. The van der Waals surface area contributed by atoms with E-state index in [9.17, 15) is 4.79 Å². The Labute approximate surface area is 71.6 Å². The van der Waals surface area contributed by atoms with E-state index in [0.717, 1.165) is 5.69 Å². The first-order chi connectivity index (χ1) is 5.65. The molecule has 0 radical (unpaired) electrons. The highest BCUT2D eigenvalue weighted by Crippen LogP contribution is 2.07. The summed E-state index contributed by atoms with van der Waals surface area (Å²) in [5.41, 5.74) is 6.98. The van der Waals surface area contributed by atoms with Crippen molar-refractivity contribution in [2.45, 2.75) is 26.3 Å². The summed E-state index contributed by atoms with van der Waals surface area (Å²) in [6, 6.07) is 1.62. The molecule has 3 heteroatoms. The molecular formula is C9H14N2O. The maximum absolute atomic E-state index is 11.3. The summed E-state index contributed by atoms with van der Waals surface area (Å²) in [4.78, 5) is 14.3. The van der Waals surface area contributed by atoms with Gasteiger partial charge in [-0.1, -0.05) is 13.8 Å². The van der Waals surface area contributed by atoms with E-state index in [1.54, 1.807) is 12.3 Å². The van der Waals surface area contributed by atoms with Crippen LogP contribution in [-0.4, -0.2) is 4.98 Å². The van der Waals surface area contributed by atoms with Gasteiger partial charge < -0.3 is 10.7 Å². The summed E-state index contributed by atoms with van der Waals surface area (Å²) in [5.74, 6) is 0.351. The molecule has 0 saturated carbocycles. The highest BCUT2D eigenvalue weighted by atomic mass is 16.1. The zero-order chi connectivity index (χ0) is 9.14. The normalized spacial score (nSPS) is 10.7. The fourth-order valence-electron chi connectivity index (χ4n) is 1.01. The molecule has 1 aromatic heterocycles. The van der Waals surface area contributed by atoms with Crippen molar-refractivity contribution in [3.8, 4) is 0 Å². The van der Waals surface area contributed by atoms with Gasteiger partial charge in [-0.05, 0) is 5.92 Å². The Morgan fingerprint density at radius 1 is 1.58 bits per heavy atom. The van der Waals surface area contributed by atoms with Crippen LogP contribution in [0, 0.1) is 0 Å². The minimum absolute atomic E-state index is 0.0277. The highest BCUT2D eigenvalue weighted by Gasteiger charge is 2.02. The zero-order valence-corrected chi connectivity index (χ0v) is 7.42. The van der Waals surface area contributed by atoms with Crippen molar-refractivity contribution in [3.05, 3.63) is 33.7 Å². The summed E-state index contributed by atoms with van der Waals surface area (Å²) in [6.07, 6.45) is 1.69. The summed E-state index contributed by atoms with van der Waals surface area (Å²) in [7, 11) is 0. The standard InChI is InChI=1S/C9H14N2O/c1-6(2)8-3-9(12)7(4-10)5-11-8/h3,5-6H,4,10H2,1-2H3,(H,11,12). The first-order valence-corrected chi connectivity index (χ1v) is 4.06. The molecule has 0 aliphatic heterocycles. The second kappa shape index (κ2) is 3.54. The Morgan fingerprint density at radius 2 is 2.25 bits per heavy atom. The predicted molar refractivity (Wildman–Crippen MR) is 49.0 cm³/mol. The van der Waals surface area contributed by atoms with Crippen LogP contribution in [0.25, 0.3) is 0 Å². The number of rotatable bonds is 2. The van der Waals surface area contributed by atoms with Gasteiger partial charge in [0, 0.05) is 30.1 Å². The van der Waals surface area contributed by atoms with Gasteiger partial charge in [0.1, 0.15) is 0 Å². The van der Waals surface area contributed by atoms with E-state index in [2.05, 4.69) is 4.98 Å². The fraction of sp³-hybridized carbons (Fsp3) is 0.444. The largest absolute Gasteiger partial charge is 0.364 e. The number of aromatic nitrogens is 1. The van der Waals surface area contributed by atoms with Crippen LogP contribution in [0.4, 0.5) is 0 Å². The summed E-state index contributed by atoms with van der Waals surface area (Å²) >= 11 is 0. The molecule has 12 heavy (non-hydrogen) atoms. The molecular weight excluding hydrogens is 152 g/mol. The summed E-state index contributed by atoms with van der Waals surface area (Å²) in [6.45, 7) is 4.37. The van der Waals surface area contributed by atoms with Crippen molar-refractivity contribution in [2.24, 2.45) is 5.73 Å². The number of nitrogens with one attached hydrogen (secondary N) is 1. The van der Waals surface area contributed by atoms with Crippen molar-refractivity contribution in [1.82, 2.24) is 4.98 Å². The van der Waals surface area contributed by atoms with Gasteiger partial charge in [0.2, 0.25) is 0 Å². The van der Waals surface area contributed by atoms with Gasteiger partial charge in [0.25, 0.3) is 0 Å². The maximum atomic E-state index is 11.3. The van der Waals surface area contributed by atoms with Crippen LogP contribution in [0.3, 0.4) is 0 Å². The molecule has 0 bridgehead atoms. The Balaban J connectivity index is 3.11. The number of H-pyrrole nitrogens is 1. The molecule has 0 fully saturated rings. The topological polar surface area (TPSA) is 58.9 Å². The van der Waals surface area contributed by atoms with Gasteiger partial charge in [-0.3, -0.25) is 4.79 Å². The predicted octanol–water partition coefficient (Wildman–Crippen LogP) is 0.957. The van der Waals surface area contributed by atoms with E-state index in [4.69, 9.17) is 5.73 Å². The van der Waals surface area contributed by atoms with Gasteiger partial charge in [0.05, 0.1) is 0 Å². The van der Waals surface area contributed by atoms with E-state index in [-0.39, 0.29) is 5.43 Å². The molecule has 0 aromatic carbocycles. The lowest BCUT2D eigenvalue weighted by Gasteiger charge is -2.04. The second-order valence-electron chi connectivity index (χ2n) is 3.14. The Kier molecular flexibility index (Phi) is 2.65. The minimum Gasteiger partial charge on any atom is -0.364 e. The smallest absolute Gasteiger partial charge is 0.186 e. The Bertz CT molecular complexity index is 315. The van der Waals surface area contributed by atoms with Crippen LogP contribution >= 0.6 is 0 Å². The quantitative estimate of drug-likeness (QED) is 0.687. The molecule has 1 rings (SSSR count). The van der Waals surface area contributed by atoms with Crippen molar-refractivity contribution in [2.75, 3.05) is 0 Å². The van der Waals surface area contributed by atoms with E-state index < -0.39 is 0 Å². The summed E-state index contributed by atoms with van der Waals surface area (Å²) in [5, 5.41) is 0. The molecule has 0 unspecified atom stereocenters. The van der Waals surface area contributed by atoms with Crippen molar-refractivity contribution < 1.29 is 0 Å². The molecule has 0 atom stereocenters. The summed E-state index contributed by atoms with van der Waals surface area (Å²) < 4.78 is 0. The first-order valence-electron chi connectivity index (χ1n) is 4.06. The molecule has 0 aliphatic carbocycles. The molecule has 1 heterocycles. The number of nitrogens with two attached hydrogens (primary N) is 1. The molecule has 3 N–H and O–H groups in total. The number of hydrogen-bond donors (Lipinski definition) is 2. The van der Waals surface area contributed by atoms with Gasteiger partial charge in [-0.2, -0.15) is 0 Å². The van der Waals surface area contributed by atoms with Crippen LogP contribution in [0.5, 0.6) is 0 Å². The third-order valence-corrected chi connectivity index (χ3v) is 1.86. The van der Waals surface area contributed by atoms with Gasteiger partial charge >= 0.3 is 0 Å². The molecule has 0 aliphatic rings. The Morgan fingerprint density at radius 3 is 2.67 bits per heavy atom. The van der Waals surface area contributed by atoms with Crippen LogP contribution < -0.4 is 11.2 Å². The lowest BCUT2D eigenvalue weighted by Crippen LogP contribution is -2.14. The molecule has 0 spiro atoms. The van der Waals surface area contributed by atoms with Gasteiger partial charge in [-0.15, -0.1) is 0 Å². The third kappa shape index (κ3) is 1.74. The highest BCUT2D eigenvalue weighted by molar-refractivity contribution is 5.16. The van der Waals surface area contributed by atoms with E-state index in [0.29, 0.717) is 18.0 Å². The lowest BCUT2D eigenvalue weighted by atomic mass is 10.1. The van der Waals surface area contributed by atoms with E-state index in [1.807, 2.05) is 13.8 Å². The van der Waals surface area contributed by atoms with Crippen molar-refractivity contribution >= 4 is 0 Å². The van der Waals surface area contributed by atoms with Crippen molar-refractivity contribution in [1.29, 1.82) is 0 Å². The minimum atomic E-state index is 0.0277. The van der Waals surface area contributed by atoms with Crippen LogP contribution in [0.2, 0.25) is 0 Å². The van der Waals surface area contributed by atoms with E-state index >= 15 is 0 Å². The molecule has 66 valence electrons. The number of aromatic amines is 1. The fourth-order valence-corrected chi connectivity index (χ4v) is 1.01. The monoisotopic (exact) mass is 166 g/mol. The first kappa shape index (κ1) is 9.00. The number of hydrogen-bond acceptors (Lipinski definition) is 2.